The van der Waals surface area contributed by atoms with Gasteiger partial charge in [-0.05, 0) is 42.8 Å². The summed E-state index contributed by atoms with van der Waals surface area (Å²) >= 11 is 11.0. The third kappa shape index (κ3) is 3.00. The summed E-state index contributed by atoms with van der Waals surface area (Å²) in [5.74, 6) is 0. The summed E-state index contributed by atoms with van der Waals surface area (Å²) in [6, 6.07) is 13.5. The monoisotopic (exact) mass is 276 g/mol. The molecule has 0 amide bonds. The highest BCUT2D eigenvalue weighted by Crippen LogP contribution is 2.25. The summed E-state index contributed by atoms with van der Waals surface area (Å²) in [6.45, 7) is 2.04. The van der Waals surface area contributed by atoms with Gasteiger partial charge < -0.3 is 11.1 Å². The second kappa shape index (κ2) is 5.38. The van der Waals surface area contributed by atoms with Crippen LogP contribution in [0.1, 0.15) is 11.1 Å². The van der Waals surface area contributed by atoms with Gasteiger partial charge >= 0.3 is 0 Å². The average molecular weight is 277 g/mol. The lowest BCUT2D eigenvalue weighted by Gasteiger charge is -2.12. The molecule has 0 bridgehead atoms. The number of anilines is 2. The first-order valence-electron chi connectivity index (χ1n) is 5.49. The lowest BCUT2D eigenvalue weighted by Crippen LogP contribution is -2.11. The second-order valence-corrected chi connectivity index (χ2v) is 4.92. The van der Waals surface area contributed by atoms with Crippen molar-refractivity contribution in [2.75, 3.05) is 5.32 Å². The van der Waals surface area contributed by atoms with E-state index in [1.165, 1.54) is 5.56 Å². The van der Waals surface area contributed by atoms with Gasteiger partial charge in [0.05, 0.1) is 5.69 Å². The maximum absolute atomic E-state index is 5.99. The third-order valence-corrected chi connectivity index (χ3v) is 3.00. The minimum atomic E-state index is 0.349. The van der Waals surface area contributed by atoms with Crippen molar-refractivity contribution >= 4 is 40.2 Å². The summed E-state index contributed by atoms with van der Waals surface area (Å²) in [5, 5.41) is 3.93. The molecule has 92 valence electrons. The van der Waals surface area contributed by atoms with Crippen LogP contribution in [0.15, 0.2) is 42.5 Å². The minimum Gasteiger partial charge on any atom is -0.389 e. The summed E-state index contributed by atoms with van der Waals surface area (Å²) < 4.78 is 0. The number of rotatable bonds is 3. The van der Waals surface area contributed by atoms with Gasteiger partial charge in [0.15, 0.2) is 0 Å². The molecule has 0 saturated heterocycles. The van der Waals surface area contributed by atoms with Gasteiger partial charge in [0.2, 0.25) is 0 Å². The van der Waals surface area contributed by atoms with Crippen LogP contribution in [0.5, 0.6) is 0 Å². The van der Waals surface area contributed by atoms with Crippen LogP contribution in [0, 0.1) is 6.92 Å². The predicted octanol–water partition coefficient (Wildman–Crippen LogP) is 4.03. The Morgan fingerprint density at radius 1 is 1.22 bits per heavy atom. The van der Waals surface area contributed by atoms with E-state index in [1.54, 1.807) is 6.07 Å². The molecule has 2 rings (SSSR count). The third-order valence-electron chi connectivity index (χ3n) is 2.54. The highest BCUT2D eigenvalue weighted by Gasteiger charge is 2.06. The van der Waals surface area contributed by atoms with Crippen LogP contribution in [0.25, 0.3) is 0 Å². The quantitative estimate of drug-likeness (QED) is 0.832. The molecule has 0 atom stereocenters. The predicted molar refractivity (Wildman–Crippen MR) is 81.8 cm³/mol. The van der Waals surface area contributed by atoms with Gasteiger partial charge in [-0.3, -0.25) is 0 Å². The van der Waals surface area contributed by atoms with Crippen molar-refractivity contribution in [1.82, 2.24) is 0 Å². The van der Waals surface area contributed by atoms with Crippen LogP contribution in [0.3, 0.4) is 0 Å². The molecule has 0 radical (unpaired) electrons. The lowest BCUT2D eigenvalue weighted by atomic mass is 10.1. The Hall–Kier alpha value is -1.58. The summed E-state index contributed by atoms with van der Waals surface area (Å²) in [6.07, 6.45) is 0. The number of aryl methyl sites for hydroxylation is 1. The van der Waals surface area contributed by atoms with Crippen LogP contribution in [0.4, 0.5) is 11.4 Å². The molecule has 0 spiro atoms. The van der Waals surface area contributed by atoms with Gasteiger partial charge in [-0.1, -0.05) is 36.0 Å². The molecule has 0 aliphatic rings. The number of nitrogens with one attached hydrogen (secondary N) is 1. The van der Waals surface area contributed by atoms with Gasteiger partial charge in [0.1, 0.15) is 4.99 Å². The molecule has 2 aromatic carbocycles. The molecular formula is C14H13ClN2S. The van der Waals surface area contributed by atoms with Crippen molar-refractivity contribution in [2.24, 2.45) is 5.73 Å². The molecule has 0 aliphatic carbocycles. The number of thiocarbonyl (C=S) groups is 1. The Bertz CT molecular complexity index is 596. The second-order valence-electron chi connectivity index (χ2n) is 4.05. The molecular weight excluding hydrogens is 264 g/mol. The van der Waals surface area contributed by atoms with Gasteiger partial charge in [0.25, 0.3) is 0 Å². The molecule has 0 fully saturated rings. The van der Waals surface area contributed by atoms with Gasteiger partial charge in [-0.15, -0.1) is 0 Å². The number of hydrogen-bond acceptors (Lipinski definition) is 2. The van der Waals surface area contributed by atoms with E-state index >= 15 is 0 Å². The van der Waals surface area contributed by atoms with Crippen molar-refractivity contribution in [1.29, 1.82) is 0 Å². The zero-order valence-electron chi connectivity index (χ0n) is 9.91. The van der Waals surface area contributed by atoms with E-state index in [2.05, 4.69) is 5.32 Å². The first-order chi connectivity index (χ1) is 8.56. The molecule has 3 N–H and O–H groups in total. The largest absolute Gasteiger partial charge is 0.389 e. The topological polar surface area (TPSA) is 38.0 Å². The van der Waals surface area contributed by atoms with Crippen molar-refractivity contribution in [3.05, 3.63) is 58.6 Å². The standard InChI is InChI=1S/C14H13ClN2S/c1-9-3-2-4-11(7-9)17-13-8-10(15)5-6-12(13)14(16)18/h2-8,17H,1H3,(H2,16,18). The molecule has 2 aromatic rings. The molecule has 2 nitrogen and oxygen atoms in total. The van der Waals surface area contributed by atoms with E-state index in [9.17, 15) is 0 Å². The van der Waals surface area contributed by atoms with Crippen molar-refractivity contribution in [3.63, 3.8) is 0 Å². The molecule has 0 aliphatic heterocycles. The fourth-order valence-electron chi connectivity index (χ4n) is 1.71. The van der Waals surface area contributed by atoms with Crippen molar-refractivity contribution < 1.29 is 0 Å². The summed E-state index contributed by atoms with van der Waals surface area (Å²) in [4.78, 5) is 0.349. The Kier molecular flexibility index (Phi) is 3.84. The number of hydrogen-bond donors (Lipinski definition) is 2. The molecule has 0 unspecified atom stereocenters. The Morgan fingerprint density at radius 3 is 2.67 bits per heavy atom. The molecule has 0 heterocycles. The van der Waals surface area contributed by atoms with E-state index in [-0.39, 0.29) is 0 Å². The zero-order chi connectivity index (χ0) is 13.1. The maximum atomic E-state index is 5.99. The first-order valence-corrected chi connectivity index (χ1v) is 6.28. The molecule has 4 heteroatoms. The lowest BCUT2D eigenvalue weighted by molar-refractivity contribution is 1.44. The van der Waals surface area contributed by atoms with E-state index in [0.717, 1.165) is 16.9 Å². The van der Waals surface area contributed by atoms with E-state index in [0.29, 0.717) is 10.0 Å². The highest BCUT2D eigenvalue weighted by molar-refractivity contribution is 7.80. The summed E-state index contributed by atoms with van der Waals surface area (Å²) in [7, 11) is 0. The minimum absolute atomic E-state index is 0.349. The number of benzene rings is 2. The zero-order valence-corrected chi connectivity index (χ0v) is 11.5. The van der Waals surface area contributed by atoms with Crippen LogP contribution in [-0.4, -0.2) is 4.99 Å². The first kappa shape index (κ1) is 12.9. The normalized spacial score (nSPS) is 10.1. The maximum Gasteiger partial charge on any atom is 0.106 e. The fourth-order valence-corrected chi connectivity index (χ4v) is 2.06. The SMILES string of the molecule is Cc1cccc(Nc2cc(Cl)ccc2C(N)=S)c1. The van der Waals surface area contributed by atoms with E-state index in [4.69, 9.17) is 29.6 Å². The Balaban J connectivity index is 2.39. The molecule has 0 saturated carbocycles. The van der Waals surface area contributed by atoms with Gasteiger partial charge in [-0.2, -0.15) is 0 Å². The van der Waals surface area contributed by atoms with E-state index < -0.39 is 0 Å². The highest BCUT2D eigenvalue weighted by atomic mass is 35.5. The Morgan fingerprint density at radius 2 is 2.00 bits per heavy atom. The smallest absolute Gasteiger partial charge is 0.106 e. The van der Waals surface area contributed by atoms with Crippen molar-refractivity contribution in [2.45, 2.75) is 6.92 Å². The Labute approximate surface area is 117 Å². The van der Waals surface area contributed by atoms with Crippen molar-refractivity contribution in [3.8, 4) is 0 Å². The molecule has 0 aromatic heterocycles. The molecule has 18 heavy (non-hydrogen) atoms. The average Bonchev–Trinajstić information content (AvgIpc) is 2.28. The number of halogens is 1. The van der Waals surface area contributed by atoms with Gasteiger partial charge in [-0.25, -0.2) is 0 Å². The summed E-state index contributed by atoms with van der Waals surface area (Å²) in [5.41, 5.74) is 9.47. The van der Waals surface area contributed by atoms with Crippen LogP contribution in [-0.2, 0) is 0 Å². The van der Waals surface area contributed by atoms with E-state index in [1.807, 2.05) is 43.3 Å². The van der Waals surface area contributed by atoms with Crippen LogP contribution in [0.2, 0.25) is 5.02 Å². The van der Waals surface area contributed by atoms with Crippen LogP contribution < -0.4 is 11.1 Å². The van der Waals surface area contributed by atoms with Gasteiger partial charge in [0, 0.05) is 16.3 Å². The fraction of sp³-hybridized carbons (Fsp3) is 0.0714. The van der Waals surface area contributed by atoms with Crippen LogP contribution >= 0.6 is 23.8 Å². The number of nitrogens with two attached hydrogens (primary N) is 1.